The summed E-state index contributed by atoms with van der Waals surface area (Å²) in [6.45, 7) is 6.29. The molecule has 114 valence electrons. The molecule has 0 saturated heterocycles. The van der Waals surface area contributed by atoms with E-state index in [0.29, 0.717) is 0 Å². The predicted molar refractivity (Wildman–Crippen MR) is 95.9 cm³/mol. The lowest BCUT2D eigenvalue weighted by Crippen LogP contribution is -1.84. The van der Waals surface area contributed by atoms with Crippen molar-refractivity contribution in [2.75, 3.05) is 0 Å². The zero-order chi connectivity index (χ0) is 16.0. The first-order valence-electron chi connectivity index (χ1n) is 7.61. The maximum atomic E-state index is 4.65. The predicted octanol–water partition coefficient (Wildman–Crippen LogP) is 5.05. The van der Waals surface area contributed by atoms with Crippen LogP contribution in [-0.4, -0.2) is 14.6 Å². The molecule has 0 unspecified atom stereocenters. The minimum absolute atomic E-state index is 0.940. The minimum atomic E-state index is 0.940. The molecule has 0 N–H and O–H groups in total. The number of aromatic nitrogens is 3. The van der Waals surface area contributed by atoms with Crippen molar-refractivity contribution in [2.24, 2.45) is 0 Å². The van der Waals surface area contributed by atoms with Gasteiger partial charge in [-0.2, -0.15) is 5.10 Å². The molecule has 0 bridgehead atoms. The molecule has 23 heavy (non-hydrogen) atoms. The summed E-state index contributed by atoms with van der Waals surface area (Å²) >= 11 is 1.61. The Bertz CT molecular complexity index is 962. The summed E-state index contributed by atoms with van der Waals surface area (Å²) in [4.78, 5) is 5.59. The van der Waals surface area contributed by atoms with Crippen LogP contribution in [0.2, 0.25) is 0 Å². The third kappa shape index (κ3) is 2.55. The number of hydrogen-bond donors (Lipinski definition) is 0. The van der Waals surface area contributed by atoms with Gasteiger partial charge in [-0.3, -0.25) is 0 Å². The van der Waals surface area contributed by atoms with Crippen LogP contribution in [0.3, 0.4) is 0 Å². The molecular formula is C19H17N3S. The van der Waals surface area contributed by atoms with E-state index in [1.807, 2.05) is 17.6 Å². The van der Waals surface area contributed by atoms with E-state index in [4.69, 9.17) is 0 Å². The third-order valence-electron chi connectivity index (χ3n) is 4.17. The van der Waals surface area contributed by atoms with Gasteiger partial charge in [0.05, 0.1) is 11.9 Å². The van der Waals surface area contributed by atoms with E-state index in [9.17, 15) is 0 Å². The van der Waals surface area contributed by atoms with Crippen LogP contribution in [0.5, 0.6) is 0 Å². The number of nitrogens with zero attached hydrogens (tertiary/aromatic N) is 3. The Morgan fingerprint density at radius 2 is 1.52 bits per heavy atom. The molecule has 4 heteroatoms. The van der Waals surface area contributed by atoms with E-state index < -0.39 is 0 Å². The molecule has 0 amide bonds. The van der Waals surface area contributed by atoms with E-state index in [-0.39, 0.29) is 0 Å². The average molecular weight is 319 g/mol. The van der Waals surface area contributed by atoms with Gasteiger partial charge in [0, 0.05) is 5.56 Å². The fourth-order valence-corrected chi connectivity index (χ4v) is 3.42. The van der Waals surface area contributed by atoms with Gasteiger partial charge in [-0.1, -0.05) is 53.8 Å². The molecule has 0 atom stereocenters. The molecule has 0 radical (unpaired) electrons. The van der Waals surface area contributed by atoms with Gasteiger partial charge in [-0.15, -0.1) is 0 Å². The van der Waals surface area contributed by atoms with Crippen molar-refractivity contribution in [1.29, 1.82) is 0 Å². The van der Waals surface area contributed by atoms with Gasteiger partial charge in [0.15, 0.2) is 0 Å². The van der Waals surface area contributed by atoms with Crippen molar-refractivity contribution >= 4 is 16.3 Å². The zero-order valence-corrected chi connectivity index (χ0v) is 14.2. The second-order valence-electron chi connectivity index (χ2n) is 5.85. The number of hydrogen-bond acceptors (Lipinski definition) is 3. The largest absolute Gasteiger partial charge is 0.217 e. The van der Waals surface area contributed by atoms with Gasteiger partial charge >= 0.3 is 0 Å². The molecule has 4 rings (SSSR count). The molecule has 0 aliphatic heterocycles. The molecule has 2 heterocycles. The van der Waals surface area contributed by atoms with Crippen LogP contribution in [-0.2, 0) is 0 Å². The van der Waals surface area contributed by atoms with Crippen molar-refractivity contribution in [3.05, 3.63) is 64.8 Å². The van der Waals surface area contributed by atoms with E-state index in [1.165, 1.54) is 22.3 Å². The van der Waals surface area contributed by atoms with E-state index in [0.717, 1.165) is 21.2 Å². The number of benzene rings is 2. The van der Waals surface area contributed by atoms with Gasteiger partial charge in [0.25, 0.3) is 0 Å². The molecular weight excluding hydrogens is 302 g/mol. The normalized spacial score (nSPS) is 11.3. The Kier molecular flexibility index (Phi) is 3.27. The second kappa shape index (κ2) is 5.32. The lowest BCUT2D eigenvalue weighted by Gasteiger charge is -2.06. The number of imidazole rings is 1. The maximum Gasteiger partial charge on any atom is 0.212 e. The van der Waals surface area contributed by atoms with Crippen LogP contribution < -0.4 is 0 Å². The molecule has 0 spiro atoms. The first kappa shape index (κ1) is 14.2. The van der Waals surface area contributed by atoms with Crippen molar-refractivity contribution in [3.63, 3.8) is 0 Å². The Hall–Kier alpha value is -2.46. The summed E-state index contributed by atoms with van der Waals surface area (Å²) in [7, 11) is 0. The maximum absolute atomic E-state index is 4.65. The highest BCUT2D eigenvalue weighted by Gasteiger charge is 2.08. The summed E-state index contributed by atoms with van der Waals surface area (Å²) < 4.78 is 1.85. The van der Waals surface area contributed by atoms with Crippen molar-refractivity contribution in [2.45, 2.75) is 20.8 Å². The zero-order valence-electron chi connectivity index (χ0n) is 13.4. The Morgan fingerprint density at radius 1 is 0.826 bits per heavy atom. The molecule has 0 aliphatic rings. The summed E-state index contributed by atoms with van der Waals surface area (Å²) in [5.41, 5.74) is 7.21. The molecule has 0 fully saturated rings. The second-order valence-corrected chi connectivity index (χ2v) is 7.01. The van der Waals surface area contributed by atoms with Crippen molar-refractivity contribution in [1.82, 2.24) is 14.6 Å². The van der Waals surface area contributed by atoms with Crippen LogP contribution >= 0.6 is 11.3 Å². The third-order valence-corrected chi connectivity index (χ3v) is 5.00. The lowest BCUT2D eigenvalue weighted by molar-refractivity contribution is 0.946. The highest BCUT2D eigenvalue weighted by molar-refractivity contribution is 7.16. The number of rotatable bonds is 2. The van der Waals surface area contributed by atoms with Crippen LogP contribution in [0.1, 0.15) is 16.1 Å². The van der Waals surface area contributed by atoms with Gasteiger partial charge in [0.2, 0.25) is 4.96 Å². The molecule has 0 saturated carbocycles. The van der Waals surface area contributed by atoms with E-state index >= 15 is 0 Å². The molecule has 0 aliphatic carbocycles. The highest BCUT2D eigenvalue weighted by atomic mass is 32.1. The first-order valence-corrected chi connectivity index (χ1v) is 8.43. The van der Waals surface area contributed by atoms with Crippen molar-refractivity contribution in [3.8, 4) is 22.4 Å². The monoisotopic (exact) mass is 319 g/mol. The minimum Gasteiger partial charge on any atom is -0.217 e. The summed E-state index contributed by atoms with van der Waals surface area (Å²) in [5, 5.41) is 5.45. The Balaban J connectivity index is 1.69. The fraction of sp³-hybridized carbons (Fsp3) is 0.158. The van der Waals surface area contributed by atoms with Crippen molar-refractivity contribution < 1.29 is 0 Å². The summed E-state index contributed by atoms with van der Waals surface area (Å²) in [6, 6.07) is 15.2. The van der Waals surface area contributed by atoms with E-state index in [2.05, 4.69) is 66.4 Å². The number of fused-ring (bicyclic) bond motifs is 1. The van der Waals surface area contributed by atoms with Gasteiger partial charge in [-0.05, 0) is 43.0 Å². The summed E-state index contributed by atoms with van der Waals surface area (Å²) in [5.74, 6) is 0. The van der Waals surface area contributed by atoms with Crippen LogP contribution in [0.4, 0.5) is 0 Å². The van der Waals surface area contributed by atoms with Crippen LogP contribution in [0.25, 0.3) is 27.3 Å². The standard InChI is InChI=1S/C19H17N3S/c1-12-4-5-17(10-13(12)2)15-6-8-16(9-7-15)18-11-22-19(20-18)23-14(3)21-22/h4-11H,1-3H3. The van der Waals surface area contributed by atoms with Gasteiger partial charge < -0.3 is 0 Å². The molecule has 2 aromatic heterocycles. The average Bonchev–Trinajstić information content (AvgIpc) is 3.07. The van der Waals surface area contributed by atoms with E-state index in [1.54, 1.807) is 11.3 Å². The van der Waals surface area contributed by atoms with Crippen LogP contribution in [0, 0.1) is 20.8 Å². The molecule has 4 aromatic rings. The smallest absolute Gasteiger partial charge is 0.212 e. The Labute approximate surface area is 139 Å². The Morgan fingerprint density at radius 3 is 2.22 bits per heavy atom. The topological polar surface area (TPSA) is 30.2 Å². The fourth-order valence-electron chi connectivity index (χ4n) is 2.69. The van der Waals surface area contributed by atoms with Gasteiger partial charge in [0.1, 0.15) is 5.01 Å². The number of aryl methyl sites for hydroxylation is 3. The van der Waals surface area contributed by atoms with Gasteiger partial charge in [-0.25, -0.2) is 9.50 Å². The lowest BCUT2D eigenvalue weighted by atomic mass is 9.99. The molecule has 3 nitrogen and oxygen atoms in total. The SMILES string of the molecule is Cc1nn2cc(-c3ccc(-c4ccc(C)c(C)c4)cc3)nc2s1. The highest BCUT2D eigenvalue weighted by Crippen LogP contribution is 2.26. The summed E-state index contributed by atoms with van der Waals surface area (Å²) in [6.07, 6.45) is 1.99. The quantitative estimate of drug-likeness (QED) is 0.517. The first-order chi connectivity index (χ1) is 11.1. The molecule has 2 aromatic carbocycles. The van der Waals surface area contributed by atoms with Crippen LogP contribution in [0.15, 0.2) is 48.7 Å².